The molecule has 2 rings (SSSR count). The molecule has 1 aromatic heterocycles. The lowest BCUT2D eigenvalue weighted by Crippen LogP contribution is -2.36. The zero-order chi connectivity index (χ0) is 15.2. The molecular formula is C16H26N4O. The summed E-state index contributed by atoms with van der Waals surface area (Å²) in [7, 11) is 1.89. The van der Waals surface area contributed by atoms with E-state index in [-0.39, 0.29) is 5.91 Å². The third-order valence-corrected chi connectivity index (χ3v) is 3.41. The number of carbonyl (C=O) groups is 1. The van der Waals surface area contributed by atoms with Crippen LogP contribution in [0, 0.1) is 5.92 Å². The molecule has 0 aromatic carbocycles. The van der Waals surface area contributed by atoms with Gasteiger partial charge in [0.05, 0.1) is 6.54 Å². The first-order chi connectivity index (χ1) is 10.0. The Hall–Kier alpha value is -1.62. The average Bonchev–Trinajstić information content (AvgIpc) is 3.22. The predicted octanol–water partition coefficient (Wildman–Crippen LogP) is 1.54. The highest BCUT2D eigenvalue weighted by Gasteiger charge is 2.23. The Kier molecular flexibility index (Phi) is 5.56. The molecule has 1 aliphatic rings. The SMILES string of the molecule is CC(C)CNCc1ccc(N(C)CC(=O)NC2CC2)nc1. The Morgan fingerprint density at radius 1 is 1.43 bits per heavy atom. The Bertz CT molecular complexity index is 454. The summed E-state index contributed by atoms with van der Waals surface area (Å²) in [6.45, 7) is 6.57. The van der Waals surface area contributed by atoms with Crippen molar-refractivity contribution in [3.63, 3.8) is 0 Å². The number of nitrogens with one attached hydrogen (secondary N) is 2. The number of carbonyl (C=O) groups excluding carboxylic acids is 1. The van der Waals surface area contributed by atoms with E-state index in [1.54, 1.807) is 0 Å². The molecule has 2 N–H and O–H groups in total. The second-order valence-corrected chi connectivity index (χ2v) is 6.25. The van der Waals surface area contributed by atoms with Gasteiger partial charge < -0.3 is 15.5 Å². The maximum atomic E-state index is 11.8. The third-order valence-electron chi connectivity index (χ3n) is 3.41. The van der Waals surface area contributed by atoms with Crippen molar-refractivity contribution in [3.05, 3.63) is 23.9 Å². The number of nitrogens with zero attached hydrogens (tertiary/aromatic N) is 2. The van der Waals surface area contributed by atoms with Gasteiger partial charge in [0.25, 0.3) is 0 Å². The number of hydrogen-bond acceptors (Lipinski definition) is 4. The molecule has 1 aliphatic carbocycles. The number of aromatic nitrogens is 1. The molecule has 5 heteroatoms. The highest BCUT2D eigenvalue weighted by molar-refractivity contribution is 5.81. The smallest absolute Gasteiger partial charge is 0.239 e. The number of pyridine rings is 1. The van der Waals surface area contributed by atoms with Crippen LogP contribution in [0.25, 0.3) is 0 Å². The Morgan fingerprint density at radius 3 is 2.76 bits per heavy atom. The van der Waals surface area contributed by atoms with Gasteiger partial charge in [0.15, 0.2) is 0 Å². The summed E-state index contributed by atoms with van der Waals surface area (Å²) in [6, 6.07) is 4.44. The van der Waals surface area contributed by atoms with Crippen LogP contribution in [0.1, 0.15) is 32.3 Å². The molecule has 1 fully saturated rings. The first-order valence-electron chi connectivity index (χ1n) is 7.70. The zero-order valence-electron chi connectivity index (χ0n) is 13.2. The van der Waals surface area contributed by atoms with Gasteiger partial charge in [-0.3, -0.25) is 4.79 Å². The quantitative estimate of drug-likeness (QED) is 0.762. The number of amides is 1. The van der Waals surface area contributed by atoms with Crippen molar-refractivity contribution in [3.8, 4) is 0 Å². The van der Waals surface area contributed by atoms with Gasteiger partial charge in [-0.15, -0.1) is 0 Å². The monoisotopic (exact) mass is 290 g/mol. The fourth-order valence-corrected chi connectivity index (χ4v) is 2.05. The summed E-state index contributed by atoms with van der Waals surface area (Å²) in [5, 5.41) is 6.38. The molecular weight excluding hydrogens is 264 g/mol. The van der Waals surface area contributed by atoms with Gasteiger partial charge in [0, 0.05) is 25.8 Å². The average molecular weight is 290 g/mol. The number of hydrogen-bond donors (Lipinski definition) is 2. The largest absolute Gasteiger partial charge is 0.352 e. The Balaban J connectivity index is 1.78. The molecule has 1 aromatic rings. The van der Waals surface area contributed by atoms with E-state index in [9.17, 15) is 4.79 Å². The van der Waals surface area contributed by atoms with Crippen LogP contribution in [0.3, 0.4) is 0 Å². The molecule has 0 bridgehead atoms. The molecule has 1 amide bonds. The molecule has 116 valence electrons. The van der Waals surface area contributed by atoms with Crippen molar-refractivity contribution >= 4 is 11.7 Å². The molecule has 1 saturated carbocycles. The van der Waals surface area contributed by atoms with Gasteiger partial charge in [-0.2, -0.15) is 0 Å². The third kappa shape index (κ3) is 5.71. The van der Waals surface area contributed by atoms with Crippen LogP contribution >= 0.6 is 0 Å². The highest BCUT2D eigenvalue weighted by atomic mass is 16.2. The van der Waals surface area contributed by atoms with E-state index in [1.807, 2.05) is 24.2 Å². The van der Waals surface area contributed by atoms with E-state index < -0.39 is 0 Å². The van der Waals surface area contributed by atoms with Gasteiger partial charge in [-0.25, -0.2) is 4.98 Å². The van der Waals surface area contributed by atoms with E-state index in [0.717, 1.165) is 37.3 Å². The van der Waals surface area contributed by atoms with Gasteiger partial charge in [-0.05, 0) is 36.9 Å². The number of rotatable bonds is 8. The lowest BCUT2D eigenvalue weighted by molar-refractivity contribution is -0.119. The molecule has 5 nitrogen and oxygen atoms in total. The summed E-state index contributed by atoms with van der Waals surface area (Å²) in [6.07, 6.45) is 4.11. The Labute approximate surface area is 127 Å². The van der Waals surface area contributed by atoms with Crippen LogP contribution in [-0.4, -0.2) is 37.1 Å². The second-order valence-electron chi connectivity index (χ2n) is 6.25. The Morgan fingerprint density at radius 2 is 2.19 bits per heavy atom. The van der Waals surface area contributed by atoms with Gasteiger partial charge in [-0.1, -0.05) is 19.9 Å². The van der Waals surface area contributed by atoms with Gasteiger partial charge in [0.2, 0.25) is 5.91 Å². The molecule has 1 heterocycles. The summed E-state index contributed by atoms with van der Waals surface area (Å²) in [5.41, 5.74) is 1.16. The fourth-order valence-electron chi connectivity index (χ4n) is 2.05. The van der Waals surface area contributed by atoms with Crippen molar-refractivity contribution in [2.24, 2.45) is 5.92 Å². The summed E-state index contributed by atoms with van der Waals surface area (Å²) < 4.78 is 0. The minimum absolute atomic E-state index is 0.0736. The summed E-state index contributed by atoms with van der Waals surface area (Å²) >= 11 is 0. The number of likely N-dealkylation sites (N-methyl/N-ethyl adjacent to an activating group) is 1. The molecule has 0 saturated heterocycles. The van der Waals surface area contributed by atoms with Crippen LogP contribution in [-0.2, 0) is 11.3 Å². The van der Waals surface area contributed by atoms with Crippen LogP contribution in [0.15, 0.2) is 18.3 Å². The van der Waals surface area contributed by atoms with E-state index in [0.29, 0.717) is 18.5 Å². The minimum atomic E-state index is 0.0736. The highest BCUT2D eigenvalue weighted by Crippen LogP contribution is 2.18. The van der Waals surface area contributed by atoms with Crippen molar-refractivity contribution < 1.29 is 4.79 Å². The van der Waals surface area contributed by atoms with E-state index in [1.165, 1.54) is 0 Å². The topological polar surface area (TPSA) is 57.3 Å². The summed E-state index contributed by atoms with van der Waals surface area (Å²) in [5.74, 6) is 1.55. The van der Waals surface area contributed by atoms with Gasteiger partial charge in [0.1, 0.15) is 5.82 Å². The normalized spacial score (nSPS) is 14.3. The van der Waals surface area contributed by atoms with E-state index in [2.05, 4.69) is 35.5 Å². The van der Waals surface area contributed by atoms with Crippen molar-refractivity contribution in [1.82, 2.24) is 15.6 Å². The van der Waals surface area contributed by atoms with Crippen LogP contribution in [0.5, 0.6) is 0 Å². The van der Waals surface area contributed by atoms with E-state index >= 15 is 0 Å². The second kappa shape index (κ2) is 7.41. The molecule has 0 atom stereocenters. The molecule has 0 spiro atoms. The maximum Gasteiger partial charge on any atom is 0.239 e. The van der Waals surface area contributed by atoms with Crippen LogP contribution < -0.4 is 15.5 Å². The fraction of sp³-hybridized carbons (Fsp3) is 0.625. The van der Waals surface area contributed by atoms with Crippen LogP contribution in [0.4, 0.5) is 5.82 Å². The van der Waals surface area contributed by atoms with E-state index in [4.69, 9.17) is 0 Å². The molecule has 0 aliphatic heterocycles. The van der Waals surface area contributed by atoms with Gasteiger partial charge >= 0.3 is 0 Å². The maximum absolute atomic E-state index is 11.8. The zero-order valence-corrected chi connectivity index (χ0v) is 13.2. The lowest BCUT2D eigenvalue weighted by Gasteiger charge is -2.18. The molecule has 21 heavy (non-hydrogen) atoms. The number of anilines is 1. The molecule has 0 radical (unpaired) electrons. The molecule has 0 unspecified atom stereocenters. The minimum Gasteiger partial charge on any atom is -0.352 e. The standard InChI is InChI=1S/C16H26N4O/c1-12(2)8-17-9-13-4-7-15(18-10-13)20(3)11-16(21)19-14-5-6-14/h4,7,10,12,14,17H,5-6,8-9,11H2,1-3H3,(H,19,21). The van der Waals surface area contributed by atoms with Crippen molar-refractivity contribution in [2.45, 2.75) is 39.3 Å². The predicted molar refractivity (Wildman–Crippen MR) is 85.2 cm³/mol. The van der Waals surface area contributed by atoms with Crippen molar-refractivity contribution in [1.29, 1.82) is 0 Å². The first-order valence-corrected chi connectivity index (χ1v) is 7.70. The summed E-state index contributed by atoms with van der Waals surface area (Å²) in [4.78, 5) is 18.1. The lowest BCUT2D eigenvalue weighted by atomic mass is 10.2. The first kappa shape index (κ1) is 15.8. The van der Waals surface area contributed by atoms with Crippen LogP contribution in [0.2, 0.25) is 0 Å². The van der Waals surface area contributed by atoms with Crippen molar-refractivity contribution in [2.75, 3.05) is 25.0 Å².